The van der Waals surface area contributed by atoms with Crippen LogP contribution in [0.15, 0.2) is 80.7 Å². The van der Waals surface area contributed by atoms with Gasteiger partial charge in [0.15, 0.2) is 0 Å². The van der Waals surface area contributed by atoms with E-state index in [-0.39, 0.29) is 0 Å². The van der Waals surface area contributed by atoms with Gasteiger partial charge in [0.25, 0.3) is 0 Å². The van der Waals surface area contributed by atoms with Crippen molar-refractivity contribution in [2.45, 2.75) is 66.3 Å². The zero-order chi connectivity index (χ0) is 23.1. The molecule has 0 aliphatic heterocycles. The molecule has 0 aromatic heterocycles. The van der Waals surface area contributed by atoms with Crippen LogP contribution in [-0.2, 0) is 17.4 Å². The molecule has 0 nitrogen and oxygen atoms in total. The summed E-state index contributed by atoms with van der Waals surface area (Å²) in [5.41, 5.74) is 10.8. The number of rotatable bonds is 7. The average molecular weight is 520 g/mol. The molecule has 168 valence electrons. The van der Waals surface area contributed by atoms with Crippen LogP contribution in [0.4, 0.5) is 0 Å². The van der Waals surface area contributed by atoms with Crippen LogP contribution < -0.4 is 0 Å². The molecule has 2 atom stereocenters. The third kappa shape index (κ3) is 3.48. The van der Waals surface area contributed by atoms with Crippen molar-refractivity contribution in [3.63, 3.8) is 0 Å². The summed E-state index contributed by atoms with van der Waals surface area (Å²) in [7, 11) is 0. The van der Waals surface area contributed by atoms with E-state index in [9.17, 15) is 0 Å². The van der Waals surface area contributed by atoms with Gasteiger partial charge in [-0.05, 0) is 0 Å². The average Bonchev–Trinajstić information content (AvgIpc) is 3.28. The third-order valence-electron chi connectivity index (χ3n) is 8.93. The van der Waals surface area contributed by atoms with Gasteiger partial charge in [-0.3, -0.25) is 0 Å². The molecule has 32 heavy (non-hydrogen) atoms. The molecule has 2 aromatic rings. The molecule has 0 spiro atoms. The second-order valence-electron chi connectivity index (χ2n) is 10.6. The molecule has 0 saturated carbocycles. The Morgan fingerprint density at radius 3 is 1.97 bits per heavy atom. The van der Waals surface area contributed by atoms with Gasteiger partial charge in [0.2, 0.25) is 0 Å². The first-order valence-corrected chi connectivity index (χ1v) is 24.6. The van der Waals surface area contributed by atoms with Crippen LogP contribution in [0, 0.1) is 5.92 Å². The number of allylic oxidation sites excluding steroid dienone is 5. The van der Waals surface area contributed by atoms with Crippen molar-refractivity contribution in [3.05, 3.63) is 97.4 Å². The number of fused-ring (bicyclic) bond motifs is 1. The zero-order valence-electron chi connectivity index (χ0n) is 21.0. The number of benzene rings is 2. The maximum absolute atomic E-state index is 3.50. The first kappa shape index (κ1) is 23.9. The Labute approximate surface area is 198 Å². The van der Waals surface area contributed by atoms with Crippen LogP contribution in [-0.4, -0.2) is 6.88 Å². The Kier molecular flexibility index (Phi) is 6.61. The molecular formula is C30H40SiZr. The molecule has 0 N–H and O–H groups in total. The van der Waals surface area contributed by atoms with E-state index in [1.54, 1.807) is 22.3 Å². The summed E-state index contributed by atoms with van der Waals surface area (Å²) < 4.78 is 5.40. The molecule has 2 unspecified atom stereocenters. The van der Waals surface area contributed by atoms with Crippen molar-refractivity contribution in [3.8, 4) is 0 Å². The van der Waals surface area contributed by atoms with Crippen molar-refractivity contribution in [1.29, 1.82) is 0 Å². The molecule has 0 radical (unpaired) electrons. The second-order valence-corrected chi connectivity index (χ2v) is 36.4. The third-order valence-corrected chi connectivity index (χ3v) is 37.3. The van der Waals surface area contributed by atoms with E-state index in [2.05, 4.69) is 109 Å². The Bertz CT molecular complexity index is 1180. The van der Waals surface area contributed by atoms with Crippen molar-refractivity contribution < 1.29 is 17.4 Å². The molecule has 0 fully saturated rings. The SMILES string of the molecule is CC[CH2][Zr](=[SiH2])([CH2]CC)([C]1=C(C)C(C)=C(C)C1C)[CH]1C=C(c2ccccc2)c2ccccc21. The van der Waals surface area contributed by atoms with Gasteiger partial charge in [-0.1, -0.05) is 0 Å². The fourth-order valence-electron chi connectivity index (χ4n) is 7.43. The van der Waals surface area contributed by atoms with Crippen LogP contribution in [0.2, 0.25) is 8.26 Å². The predicted octanol–water partition coefficient (Wildman–Crippen LogP) is 8.33. The summed E-state index contributed by atoms with van der Waals surface area (Å²) in [6.07, 6.45) is 5.33. The quantitative estimate of drug-likeness (QED) is 0.323. The minimum atomic E-state index is -3.50. The first-order chi connectivity index (χ1) is 15.3. The topological polar surface area (TPSA) is 0 Å². The van der Waals surface area contributed by atoms with Gasteiger partial charge in [0.1, 0.15) is 0 Å². The zero-order valence-corrected chi connectivity index (χ0v) is 24.8. The molecule has 0 saturated heterocycles. The van der Waals surface area contributed by atoms with Gasteiger partial charge < -0.3 is 0 Å². The molecule has 2 aromatic carbocycles. The normalized spacial score (nSPS) is 21.3. The van der Waals surface area contributed by atoms with E-state index in [0.29, 0.717) is 9.54 Å². The summed E-state index contributed by atoms with van der Waals surface area (Å²) in [5.74, 6) is 0.609. The molecule has 0 bridgehead atoms. The molecular weight excluding hydrogens is 480 g/mol. The summed E-state index contributed by atoms with van der Waals surface area (Å²) in [6, 6.07) is 20.5. The van der Waals surface area contributed by atoms with Crippen LogP contribution in [0.25, 0.3) is 5.57 Å². The summed E-state index contributed by atoms with van der Waals surface area (Å²) in [5, 5.41) is 0. The van der Waals surface area contributed by atoms with E-state index in [0.717, 1.165) is 0 Å². The van der Waals surface area contributed by atoms with E-state index in [1.165, 1.54) is 37.8 Å². The van der Waals surface area contributed by atoms with E-state index < -0.39 is 17.4 Å². The van der Waals surface area contributed by atoms with Crippen LogP contribution in [0.3, 0.4) is 0 Å². The monoisotopic (exact) mass is 518 g/mol. The number of hydrogen-bond donors (Lipinski definition) is 0. The fourth-order valence-corrected chi connectivity index (χ4v) is 37.9. The predicted molar refractivity (Wildman–Crippen MR) is 142 cm³/mol. The maximum atomic E-state index is 2.74. The van der Waals surface area contributed by atoms with Gasteiger partial charge in [0, 0.05) is 0 Å². The summed E-state index contributed by atoms with van der Waals surface area (Å²) >= 11 is -3.50. The van der Waals surface area contributed by atoms with E-state index in [1.807, 2.05) is 3.28 Å². The molecule has 0 heterocycles. The molecule has 4 rings (SSSR count). The van der Waals surface area contributed by atoms with Gasteiger partial charge in [-0.15, -0.1) is 0 Å². The van der Waals surface area contributed by atoms with Crippen molar-refractivity contribution in [2.75, 3.05) is 0 Å². The van der Waals surface area contributed by atoms with Crippen LogP contribution in [0.5, 0.6) is 0 Å². The van der Waals surface area contributed by atoms with Crippen LogP contribution in [0.1, 0.15) is 74.7 Å². The summed E-state index contributed by atoms with van der Waals surface area (Å²) in [6.45, 7) is 17.2. The van der Waals surface area contributed by atoms with Crippen LogP contribution >= 0.6 is 0 Å². The van der Waals surface area contributed by atoms with Crippen molar-refractivity contribution in [1.82, 2.24) is 0 Å². The molecule has 2 aliphatic rings. The van der Waals surface area contributed by atoms with E-state index in [4.69, 9.17) is 0 Å². The Morgan fingerprint density at radius 1 is 0.812 bits per heavy atom. The van der Waals surface area contributed by atoms with Gasteiger partial charge >= 0.3 is 199 Å². The second kappa shape index (κ2) is 8.84. The van der Waals surface area contributed by atoms with Gasteiger partial charge in [-0.25, -0.2) is 0 Å². The van der Waals surface area contributed by atoms with Crippen molar-refractivity contribution in [2.24, 2.45) is 5.92 Å². The Balaban J connectivity index is 2.04. The molecule has 2 heteroatoms. The van der Waals surface area contributed by atoms with E-state index >= 15 is 0 Å². The first-order valence-electron chi connectivity index (χ1n) is 12.6. The van der Waals surface area contributed by atoms with Gasteiger partial charge in [0.05, 0.1) is 0 Å². The fraction of sp³-hybridized carbons (Fsp3) is 0.400. The van der Waals surface area contributed by atoms with Crippen molar-refractivity contribution >= 4 is 12.5 Å². The molecule has 0 amide bonds. The Hall–Kier alpha value is -1.24. The Morgan fingerprint density at radius 2 is 1.41 bits per heavy atom. The summed E-state index contributed by atoms with van der Waals surface area (Å²) in [4.78, 5) is 0. The standard InChI is InChI=1S/C15H11.C9H13.2C3H7.H2Si.Zr/c1-2-6-12(7-3-1)15-11-10-13-8-4-5-9-14(13)15;1-6-5-7(2)9(4)8(6)3;2*1-3-2;;/h1-11H;6H,1-4H3;2*1,3H2,2H3;1H2;. The molecule has 2 aliphatic carbocycles. The number of hydrogen-bond acceptors (Lipinski definition) is 0. The van der Waals surface area contributed by atoms with Gasteiger partial charge in [-0.2, -0.15) is 0 Å². The minimum absolute atomic E-state index is 0.604.